The number of ether oxygens (including phenoxy) is 1. The van der Waals surface area contributed by atoms with Crippen molar-refractivity contribution in [2.75, 3.05) is 12.4 Å². The van der Waals surface area contributed by atoms with Gasteiger partial charge < -0.3 is 25.6 Å². The molecule has 0 aliphatic heterocycles. The second kappa shape index (κ2) is 6.97. The Labute approximate surface area is 120 Å². The van der Waals surface area contributed by atoms with Crippen LogP contribution < -0.4 is 15.4 Å². The molecule has 0 bridgehead atoms. The number of nitrogens with one attached hydrogen (secondary N) is 2. The molecule has 0 aliphatic rings. The van der Waals surface area contributed by atoms with Crippen molar-refractivity contribution in [1.29, 1.82) is 0 Å². The standard InChI is InChI=1S/C12H15ClN2O5/c1-6(16)10(11(17)18)15-12(19)14-9-5-7(20-2)3-4-8(9)13/h3-6,10,16H,1-2H3,(H,17,18)(H2,14,15,19)/t6-,10+/m1/s1. The molecule has 0 fully saturated rings. The molecular formula is C12H15ClN2O5. The van der Waals surface area contributed by atoms with E-state index in [9.17, 15) is 14.7 Å². The lowest BCUT2D eigenvalue weighted by molar-refractivity contribution is -0.141. The Balaban J connectivity index is 2.78. The number of rotatable bonds is 5. The van der Waals surface area contributed by atoms with Gasteiger partial charge in [-0.25, -0.2) is 9.59 Å². The first-order valence-corrected chi connectivity index (χ1v) is 6.05. The largest absolute Gasteiger partial charge is 0.497 e. The minimum Gasteiger partial charge on any atom is -0.497 e. The van der Waals surface area contributed by atoms with Gasteiger partial charge in [-0.1, -0.05) is 11.6 Å². The lowest BCUT2D eigenvalue weighted by Gasteiger charge is -2.18. The average molecular weight is 303 g/mol. The van der Waals surface area contributed by atoms with Gasteiger partial charge in [0, 0.05) is 6.07 Å². The zero-order valence-corrected chi connectivity index (χ0v) is 11.6. The fourth-order valence-corrected chi connectivity index (χ4v) is 1.58. The molecule has 0 radical (unpaired) electrons. The number of aliphatic carboxylic acids is 1. The number of carbonyl (C=O) groups is 2. The lowest BCUT2D eigenvalue weighted by atomic mass is 10.2. The smallest absolute Gasteiger partial charge is 0.328 e. The number of carboxylic acid groups (broad SMARTS) is 1. The molecule has 0 unspecified atom stereocenters. The molecule has 1 aromatic carbocycles. The second-order valence-electron chi connectivity index (χ2n) is 4.00. The summed E-state index contributed by atoms with van der Waals surface area (Å²) in [6.45, 7) is 1.26. The molecule has 2 atom stereocenters. The molecule has 1 rings (SSSR count). The molecule has 4 N–H and O–H groups in total. The van der Waals surface area contributed by atoms with E-state index in [2.05, 4.69) is 10.6 Å². The van der Waals surface area contributed by atoms with Crippen molar-refractivity contribution >= 4 is 29.3 Å². The summed E-state index contributed by atoms with van der Waals surface area (Å²) in [4.78, 5) is 22.5. The number of hydrogen-bond acceptors (Lipinski definition) is 4. The number of hydrogen-bond donors (Lipinski definition) is 4. The second-order valence-corrected chi connectivity index (χ2v) is 4.41. The summed E-state index contributed by atoms with van der Waals surface area (Å²) in [6.07, 6.45) is -1.24. The van der Waals surface area contributed by atoms with Crippen molar-refractivity contribution in [3.8, 4) is 5.75 Å². The Bertz CT molecular complexity index is 507. The molecule has 8 heteroatoms. The summed E-state index contributed by atoms with van der Waals surface area (Å²) in [5.74, 6) is -0.859. The number of benzene rings is 1. The van der Waals surface area contributed by atoms with Crippen molar-refractivity contribution in [3.05, 3.63) is 23.2 Å². The van der Waals surface area contributed by atoms with Crippen LogP contribution in [0.4, 0.5) is 10.5 Å². The fourth-order valence-electron chi connectivity index (χ4n) is 1.42. The third-order valence-electron chi connectivity index (χ3n) is 2.46. The highest BCUT2D eigenvalue weighted by atomic mass is 35.5. The Morgan fingerprint density at radius 1 is 1.40 bits per heavy atom. The van der Waals surface area contributed by atoms with Crippen molar-refractivity contribution in [1.82, 2.24) is 5.32 Å². The van der Waals surface area contributed by atoms with Gasteiger partial charge in [0.25, 0.3) is 0 Å². The lowest BCUT2D eigenvalue weighted by Crippen LogP contribution is -2.49. The van der Waals surface area contributed by atoms with E-state index in [1.807, 2.05) is 0 Å². The fraction of sp³-hybridized carbons (Fsp3) is 0.333. The van der Waals surface area contributed by atoms with E-state index in [0.717, 1.165) is 0 Å². The summed E-state index contributed by atoms with van der Waals surface area (Å²) < 4.78 is 4.98. The number of carboxylic acids is 1. The van der Waals surface area contributed by atoms with Gasteiger partial charge in [-0.2, -0.15) is 0 Å². The van der Waals surface area contributed by atoms with Gasteiger partial charge in [-0.05, 0) is 19.1 Å². The van der Waals surface area contributed by atoms with Crippen LogP contribution in [0.25, 0.3) is 0 Å². The first kappa shape index (κ1) is 16.1. The van der Waals surface area contributed by atoms with Crippen LogP contribution in [0.15, 0.2) is 18.2 Å². The first-order valence-electron chi connectivity index (χ1n) is 5.67. The van der Waals surface area contributed by atoms with E-state index >= 15 is 0 Å². The normalized spacial score (nSPS) is 13.2. The molecular weight excluding hydrogens is 288 g/mol. The van der Waals surface area contributed by atoms with Gasteiger partial charge in [-0.15, -0.1) is 0 Å². The predicted octanol–water partition coefficient (Wildman–Crippen LogP) is 1.30. The van der Waals surface area contributed by atoms with Gasteiger partial charge in [-0.3, -0.25) is 0 Å². The SMILES string of the molecule is COc1ccc(Cl)c(NC(=O)N[C@H](C(=O)O)[C@@H](C)O)c1. The number of methoxy groups -OCH3 is 1. The number of carbonyl (C=O) groups excluding carboxylic acids is 1. The van der Waals surface area contributed by atoms with Crippen LogP contribution in [-0.4, -0.2) is 41.5 Å². The quantitative estimate of drug-likeness (QED) is 0.656. The van der Waals surface area contributed by atoms with Crippen LogP contribution in [0.3, 0.4) is 0 Å². The number of anilines is 1. The Morgan fingerprint density at radius 2 is 2.05 bits per heavy atom. The molecule has 0 aromatic heterocycles. The van der Waals surface area contributed by atoms with E-state index < -0.39 is 24.1 Å². The third kappa shape index (κ3) is 4.29. The van der Waals surface area contributed by atoms with E-state index in [-0.39, 0.29) is 10.7 Å². The van der Waals surface area contributed by atoms with Crippen LogP contribution in [0.5, 0.6) is 5.75 Å². The van der Waals surface area contributed by atoms with Crippen LogP contribution >= 0.6 is 11.6 Å². The van der Waals surface area contributed by atoms with Gasteiger partial charge >= 0.3 is 12.0 Å². The molecule has 20 heavy (non-hydrogen) atoms. The van der Waals surface area contributed by atoms with E-state index in [1.54, 1.807) is 6.07 Å². The minimum atomic E-state index is -1.42. The molecule has 0 spiro atoms. The number of urea groups is 1. The van der Waals surface area contributed by atoms with Crippen LogP contribution in [0.2, 0.25) is 5.02 Å². The zero-order valence-electron chi connectivity index (χ0n) is 10.9. The molecule has 0 aliphatic carbocycles. The summed E-state index contributed by atoms with van der Waals surface area (Å²) in [5, 5.41) is 22.9. The summed E-state index contributed by atoms with van der Waals surface area (Å²) in [6, 6.07) is 2.41. The van der Waals surface area contributed by atoms with Crippen molar-refractivity contribution in [3.63, 3.8) is 0 Å². The average Bonchev–Trinajstić information content (AvgIpc) is 2.37. The molecule has 7 nitrogen and oxygen atoms in total. The first-order chi connectivity index (χ1) is 9.35. The van der Waals surface area contributed by atoms with Gasteiger partial charge in [0.2, 0.25) is 0 Å². The molecule has 110 valence electrons. The Kier molecular flexibility index (Phi) is 5.60. The summed E-state index contributed by atoms with van der Waals surface area (Å²) in [5.41, 5.74) is 0.262. The molecule has 1 aromatic rings. The van der Waals surface area contributed by atoms with Crippen molar-refractivity contribution < 1.29 is 24.5 Å². The Morgan fingerprint density at radius 3 is 2.55 bits per heavy atom. The van der Waals surface area contributed by atoms with Gasteiger partial charge in [0.05, 0.1) is 23.9 Å². The molecule has 0 heterocycles. The maximum atomic E-state index is 11.7. The molecule has 2 amide bonds. The van der Waals surface area contributed by atoms with Crippen molar-refractivity contribution in [2.24, 2.45) is 0 Å². The van der Waals surface area contributed by atoms with Crippen molar-refractivity contribution in [2.45, 2.75) is 19.1 Å². The number of aliphatic hydroxyl groups excluding tert-OH is 1. The van der Waals surface area contributed by atoms with Crippen LogP contribution in [-0.2, 0) is 4.79 Å². The monoisotopic (exact) mass is 302 g/mol. The Hall–Kier alpha value is -1.99. The highest BCUT2D eigenvalue weighted by Crippen LogP contribution is 2.26. The maximum Gasteiger partial charge on any atom is 0.328 e. The third-order valence-corrected chi connectivity index (χ3v) is 2.79. The van der Waals surface area contributed by atoms with E-state index in [4.69, 9.17) is 21.4 Å². The number of amides is 2. The maximum absolute atomic E-state index is 11.7. The molecule has 0 saturated carbocycles. The predicted molar refractivity (Wildman–Crippen MR) is 73.3 cm³/mol. The topological polar surface area (TPSA) is 108 Å². The van der Waals surface area contributed by atoms with E-state index in [1.165, 1.54) is 26.2 Å². The summed E-state index contributed by atoms with van der Waals surface area (Å²) in [7, 11) is 1.46. The van der Waals surface area contributed by atoms with Gasteiger partial charge in [0.1, 0.15) is 5.75 Å². The van der Waals surface area contributed by atoms with Crippen LogP contribution in [0.1, 0.15) is 6.92 Å². The highest BCUT2D eigenvalue weighted by molar-refractivity contribution is 6.33. The number of aliphatic hydroxyl groups is 1. The van der Waals surface area contributed by atoms with Crippen LogP contribution in [0, 0.1) is 0 Å². The minimum absolute atomic E-state index is 0.262. The zero-order chi connectivity index (χ0) is 15.3. The highest BCUT2D eigenvalue weighted by Gasteiger charge is 2.25. The number of halogens is 1. The summed E-state index contributed by atoms with van der Waals surface area (Å²) >= 11 is 5.90. The van der Waals surface area contributed by atoms with Gasteiger partial charge in [0.15, 0.2) is 6.04 Å². The van der Waals surface area contributed by atoms with E-state index in [0.29, 0.717) is 5.75 Å². The molecule has 0 saturated heterocycles.